The van der Waals surface area contributed by atoms with Crippen LogP contribution >= 0.6 is 0 Å². The highest BCUT2D eigenvalue weighted by Crippen LogP contribution is 2.64. The molecule has 0 heterocycles. The molecule has 1 aromatic rings. The Hall–Kier alpha value is -1.91. The molecule has 5 heteroatoms. The van der Waals surface area contributed by atoms with E-state index >= 15 is 4.39 Å². The Morgan fingerprint density at radius 1 is 0.970 bits per heavy atom. The maximum Gasteiger partial charge on any atom is 0.307 e. The van der Waals surface area contributed by atoms with Gasteiger partial charge in [-0.25, -0.2) is 4.39 Å². The number of hydrogen-bond acceptors (Lipinski definition) is 3. The highest BCUT2D eigenvalue weighted by Gasteiger charge is 2.54. The minimum Gasteiger partial charge on any atom is -0.493 e. The summed E-state index contributed by atoms with van der Waals surface area (Å²) >= 11 is 0. The number of ketones is 1. The molecule has 1 N–H and O–H groups in total. The number of carboxylic acids is 1. The number of carbonyl (C=O) groups excluding carboxylic acids is 1. The Labute approximate surface area is 195 Å². The molecule has 6 aliphatic carbocycles. The summed E-state index contributed by atoms with van der Waals surface area (Å²) in [4.78, 5) is 25.4. The molecule has 4 bridgehead atoms. The number of benzene rings is 1. The van der Waals surface area contributed by atoms with Crippen LogP contribution in [0.5, 0.6) is 5.75 Å². The monoisotopic (exact) mass is 454 g/mol. The molecule has 0 aromatic heterocycles. The van der Waals surface area contributed by atoms with E-state index in [9.17, 15) is 14.7 Å². The van der Waals surface area contributed by atoms with Crippen LogP contribution in [0.2, 0.25) is 0 Å². The van der Waals surface area contributed by atoms with E-state index in [1.54, 1.807) is 0 Å². The summed E-state index contributed by atoms with van der Waals surface area (Å²) in [6.45, 7) is 0. The summed E-state index contributed by atoms with van der Waals surface area (Å²) in [6, 6.07) is 1.83. The third-order valence-electron chi connectivity index (χ3n) is 9.73. The molecule has 0 amide bonds. The van der Waals surface area contributed by atoms with E-state index < -0.39 is 23.6 Å². The second-order valence-electron chi connectivity index (χ2n) is 11.9. The van der Waals surface area contributed by atoms with Crippen molar-refractivity contribution in [2.75, 3.05) is 7.11 Å². The molecule has 6 aliphatic rings. The van der Waals surface area contributed by atoms with Gasteiger partial charge in [0.1, 0.15) is 0 Å². The van der Waals surface area contributed by atoms with Crippen molar-refractivity contribution >= 4 is 11.8 Å². The van der Waals surface area contributed by atoms with Gasteiger partial charge in [-0.15, -0.1) is 0 Å². The lowest BCUT2D eigenvalue weighted by Crippen LogP contribution is -2.49. The fourth-order valence-corrected chi connectivity index (χ4v) is 8.65. The van der Waals surface area contributed by atoms with Crippen LogP contribution in [-0.4, -0.2) is 24.0 Å². The number of rotatable bonds is 6. The van der Waals surface area contributed by atoms with Crippen molar-refractivity contribution < 1.29 is 23.8 Å². The van der Waals surface area contributed by atoms with E-state index in [-0.39, 0.29) is 22.5 Å². The van der Waals surface area contributed by atoms with Crippen molar-refractivity contribution in [2.45, 2.75) is 88.4 Å². The average molecular weight is 455 g/mol. The molecule has 4 nitrogen and oxygen atoms in total. The van der Waals surface area contributed by atoms with Crippen molar-refractivity contribution in [3.05, 3.63) is 28.6 Å². The molecule has 33 heavy (non-hydrogen) atoms. The van der Waals surface area contributed by atoms with Gasteiger partial charge in [-0.1, -0.05) is 12.8 Å². The highest BCUT2D eigenvalue weighted by atomic mass is 19.1. The summed E-state index contributed by atoms with van der Waals surface area (Å²) in [5, 5.41) is 9.70. The Balaban J connectivity index is 1.46. The highest BCUT2D eigenvalue weighted by molar-refractivity contribution is 6.01. The number of hydrogen-bond donors (Lipinski definition) is 1. The van der Waals surface area contributed by atoms with Gasteiger partial charge in [-0.3, -0.25) is 9.59 Å². The number of ether oxygens (including phenoxy) is 1. The van der Waals surface area contributed by atoms with Crippen LogP contribution in [-0.2, 0) is 10.2 Å². The first-order valence-corrected chi connectivity index (χ1v) is 13.1. The molecule has 0 spiro atoms. The van der Waals surface area contributed by atoms with Crippen molar-refractivity contribution in [3.8, 4) is 5.75 Å². The molecule has 7 rings (SSSR count). The first kappa shape index (κ1) is 21.6. The molecule has 0 radical (unpaired) electrons. The summed E-state index contributed by atoms with van der Waals surface area (Å²) in [6.07, 6.45) is 12.1. The molecular formula is C28H35FO4. The number of methoxy groups -OCH3 is 1. The molecule has 178 valence electrons. The second-order valence-corrected chi connectivity index (χ2v) is 11.9. The zero-order valence-electron chi connectivity index (χ0n) is 19.6. The Morgan fingerprint density at radius 3 is 2.06 bits per heavy atom. The van der Waals surface area contributed by atoms with Crippen LogP contribution in [0.1, 0.15) is 104 Å². The standard InChI is InChI=1S/C28H35FO4/c1-33-26-23(28-12-15-8-16(13-28)10-17(9-15)14-28)21(18-6-7-18)11-22(24(26)29)25(30)19-4-2-3-5-20(19)27(31)32/h11,15-20H,2-10,12-14H2,1H3,(H,31,32). The molecule has 2 atom stereocenters. The molecule has 1 aromatic carbocycles. The second kappa shape index (κ2) is 7.81. The summed E-state index contributed by atoms with van der Waals surface area (Å²) in [5.74, 6) is -0.333. The number of Topliss-reactive ketones (excluding diaryl/α,β-unsaturated/α-hetero) is 1. The molecular weight excluding hydrogens is 419 g/mol. The number of aliphatic carboxylic acids is 1. The Morgan fingerprint density at radius 2 is 1.55 bits per heavy atom. The number of carbonyl (C=O) groups is 2. The number of carboxylic acid groups (broad SMARTS) is 1. The first-order valence-electron chi connectivity index (χ1n) is 13.1. The quantitative estimate of drug-likeness (QED) is 0.516. The minimum absolute atomic E-state index is 0.0190. The van der Waals surface area contributed by atoms with Crippen molar-refractivity contribution in [3.63, 3.8) is 0 Å². The number of halogens is 1. The fourth-order valence-electron chi connectivity index (χ4n) is 8.65. The fraction of sp³-hybridized carbons (Fsp3) is 0.714. The summed E-state index contributed by atoms with van der Waals surface area (Å²) in [7, 11) is 1.54. The molecule has 0 aliphatic heterocycles. The SMILES string of the molecule is COc1c(F)c(C(=O)C2CCCCC2C(=O)O)cc(C2CC2)c1C12CC3CC(CC(C3)C1)C2. The summed E-state index contributed by atoms with van der Waals surface area (Å²) in [5.41, 5.74) is 2.25. The predicted molar refractivity (Wildman–Crippen MR) is 122 cm³/mol. The van der Waals surface area contributed by atoms with Crippen LogP contribution in [0.25, 0.3) is 0 Å². The van der Waals surface area contributed by atoms with Gasteiger partial charge in [0.2, 0.25) is 0 Å². The van der Waals surface area contributed by atoms with Crippen molar-refractivity contribution in [1.82, 2.24) is 0 Å². The largest absolute Gasteiger partial charge is 0.493 e. The van der Waals surface area contributed by atoms with E-state index in [1.807, 2.05) is 6.07 Å². The van der Waals surface area contributed by atoms with Crippen molar-refractivity contribution in [1.29, 1.82) is 0 Å². The minimum atomic E-state index is -0.937. The zero-order chi connectivity index (χ0) is 22.9. The van der Waals surface area contributed by atoms with Gasteiger partial charge in [-0.2, -0.15) is 0 Å². The average Bonchev–Trinajstić information content (AvgIpc) is 3.62. The van der Waals surface area contributed by atoms with E-state index in [1.165, 1.54) is 26.4 Å². The molecule has 6 saturated carbocycles. The van der Waals surface area contributed by atoms with Gasteiger partial charge in [0.05, 0.1) is 18.6 Å². The topological polar surface area (TPSA) is 63.6 Å². The van der Waals surface area contributed by atoms with E-state index in [0.29, 0.717) is 18.8 Å². The van der Waals surface area contributed by atoms with E-state index in [4.69, 9.17) is 4.74 Å². The third-order valence-corrected chi connectivity index (χ3v) is 9.73. The normalized spacial score (nSPS) is 37.2. The third kappa shape index (κ3) is 3.44. The maximum absolute atomic E-state index is 16.1. The lowest BCUT2D eigenvalue weighted by molar-refractivity contribution is -0.144. The molecule has 6 fully saturated rings. The van der Waals surface area contributed by atoms with Crippen molar-refractivity contribution in [2.24, 2.45) is 29.6 Å². The van der Waals surface area contributed by atoms with E-state index in [2.05, 4.69) is 0 Å². The van der Waals surface area contributed by atoms with E-state index in [0.717, 1.165) is 73.8 Å². The van der Waals surface area contributed by atoms with Crippen LogP contribution < -0.4 is 4.74 Å². The van der Waals surface area contributed by atoms with Gasteiger partial charge >= 0.3 is 5.97 Å². The Kier molecular flexibility index (Phi) is 5.12. The lowest BCUT2D eigenvalue weighted by Gasteiger charge is -2.57. The Bertz CT molecular complexity index is 959. The molecule has 0 saturated heterocycles. The van der Waals surface area contributed by atoms with Crippen LogP contribution in [0.4, 0.5) is 4.39 Å². The van der Waals surface area contributed by atoms with Crippen LogP contribution in [0, 0.1) is 35.4 Å². The summed E-state index contributed by atoms with van der Waals surface area (Å²) < 4.78 is 21.9. The van der Waals surface area contributed by atoms with Gasteiger partial charge in [0.15, 0.2) is 17.3 Å². The lowest BCUT2D eigenvalue weighted by atomic mass is 9.47. The van der Waals surface area contributed by atoms with Gasteiger partial charge in [0.25, 0.3) is 0 Å². The van der Waals surface area contributed by atoms with Crippen LogP contribution in [0.3, 0.4) is 0 Å². The zero-order valence-corrected chi connectivity index (χ0v) is 19.6. The van der Waals surface area contributed by atoms with Crippen LogP contribution in [0.15, 0.2) is 6.07 Å². The van der Waals surface area contributed by atoms with Gasteiger partial charge in [0, 0.05) is 16.9 Å². The smallest absolute Gasteiger partial charge is 0.307 e. The predicted octanol–water partition coefficient (Wildman–Crippen LogP) is 6.25. The van der Waals surface area contributed by atoms with Gasteiger partial charge < -0.3 is 9.84 Å². The van der Waals surface area contributed by atoms with Gasteiger partial charge in [-0.05, 0) is 99.5 Å². The molecule has 2 unspecified atom stereocenters. The maximum atomic E-state index is 16.1. The first-order chi connectivity index (χ1) is 15.9.